The van der Waals surface area contributed by atoms with Crippen LogP contribution in [-0.2, 0) is 23.6 Å². The Morgan fingerprint density at radius 1 is 1.08 bits per heavy atom. The zero-order chi connectivity index (χ0) is 18.0. The van der Waals surface area contributed by atoms with Crippen LogP contribution in [0.5, 0.6) is 0 Å². The standard InChI is InChI=1S/C18H18ClN3O2S/c1-14-8-10-16(11-9-14)22(12-15-6-4-3-5-7-15)25(23,24)18-17(19)21(2)13-20-18/h3-11,13H,12H2,1-2H3. The number of halogens is 1. The van der Waals surface area contributed by atoms with Crippen LogP contribution in [0.1, 0.15) is 11.1 Å². The maximum atomic E-state index is 13.2. The first-order valence-corrected chi connectivity index (χ1v) is 9.51. The summed E-state index contributed by atoms with van der Waals surface area (Å²) in [7, 11) is -2.25. The summed E-state index contributed by atoms with van der Waals surface area (Å²) < 4.78 is 29.2. The van der Waals surface area contributed by atoms with Crippen LogP contribution in [0.3, 0.4) is 0 Å². The fourth-order valence-corrected chi connectivity index (χ4v) is 4.30. The Balaban J connectivity index is 2.10. The summed E-state index contributed by atoms with van der Waals surface area (Å²) in [6.45, 7) is 2.15. The number of hydrogen-bond acceptors (Lipinski definition) is 3. The lowest BCUT2D eigenvalue weighted by atomic mass is 10.2. The molecular weight excluding hydrogens is 358 g/mol. The molecule has 7 heteroatoms. The normalized spacial score (nSPS) is 11.5. The number of anilines is 1. The first-order chi connectivity index (χ1) is 11.9. The second-order valence-corrected chi connectivity index (χ2v) is 7.92. The third kappa shape index (κ3) is 3.55. The maximum Gasteiger partial charge on any atom is 0.285 e. The smallest absolute Gasteiger partial charge is 0.285 e. The van der Waals surface area contributed by atoms with Gasteiger partial charge < -0.3 is 4.57 Å². The number of rotatable bonds is 5. The highest BCUT2D eigenvalue weighted by atomic mass is 35.5. The van der Waals surface area contributed by atoms with Crippen LogP contribution < -0.4 is 4.31 Å². The quantitative estimate of drug-likeness (QED) is 0.682. The third-order valence-corrected chi connectivity index (χ3v) is 6.13. The van der Waals surface area contributed by atoms with Crippen LogP contribution in [0, 0.1) is 6.92 Å². The molecule has 0 radical (unpaired) electrons. The molecule has 0 amide bonds. The average molecular weight is 376 g/mol. The zero-order valence-corrected chi connectivity index (χ0v) is 15.5. The van der Waals surface area contributed by atoms with Crippen molar-refractivity contribution >= 4 is 27.3 Å². The topological polar surface area (TPSA) is 55.2 Å². The van der Waals surface area contributed by atoms with Gasteiger partial charge >= 0.3 is 0 Å². The van der Waals surface area contributed by atoms with E-state index in [4.69, 9.17) is 11.6 Å². The lowest BCUT2D eigenvalue weighted by Gasteiger charge is -2.24. The van der Waals surface area contributed by atoms with E-state index in [1.807, 2.05) is 49.4 Å². The highest BCUT2D eigenvalue weighted by Crippen LogP contribution is 2.29. The minimum atomic E-state index is -3.91. The van der Waals surface area contributed by atoms with Gasteiger partial charge in [0.15, 0.2) is 0 Å². The number of benzene rings is 2. The molecule has 1 heterocycles. The molecule has 5 nitrogen and oxygen atoms in total. The van der Waals surface area contributed by atoms with E-state index in [0.717, 1.165) is 11.1 Å². The molecule has 0 aliphatic rings. The van der Waals surface area contributed by atoms with E-state index in [0.29, 0.717) is 5.69 Å². The van der Waals surface area contributed by atoms with Crippen LogP contribution >= 0.6 is 11.6 Å². The Kier molecular flexibility index (Phi) is 4.83. The Hall–Kier alpha value is -2.31. The van der Waals surface area contributed by atoms with Gasteiger partial charge in [0.25, 0.3) is 10.0 Å². The fourth-order valence-electron chi connectivity index (χ4n) is 2.45. The molecule has 0 aliphatic carbocycles. The molecule has 0 bridgehead atoms. The summed E-state index contributed by atoms with van der Waals surface area (Å²) in [5.41, 5.74) is 2.49. The van der Waals surface area contributed by atoms with Crippen molar-refractivity contribution in [1.29, 1.82) is 0 Å². The van der Waals surface area contributed by atoms with Crippen LogP contribution in [0.4, 0.5) is 5.69 Å². The van der Waals surface area contributed by atoms with Crippen molar-refractivity contribution in [3.8, 4) is 0 Å². The number of imidazole rings is 1. The maximum absolute atomic E-state index is 13.2. The van der Waals surface area contributed by atoms with E-state index in [2.05, 4.69) is 4.98 Å². The molecule has 0 N–H and O–H groups in total. The van der Waals surface area contributed by atoms with Crippen molar-refractivity contribution in [3.05, 3.63) is 77.2 Å². The number of aromatic nitrogens is 2. The summed E-state index contributed by atoms with van der Waals surface area (Å²) in [6, 6.07) is 16.7. The summed E-state index contributed by atoms with van der Waals surface area (Å²) in [5, 5.41) is -0.0571. The van der Waals surface area contributed by atoms with Crippen LogP contribution in [0.25, 0.3) is 0 Å². The van der Waals surface area contributed by atoms with Crippen LogP contribution in [-0.4, -0.2) is 18.0 Å². The van der Waals surface area contributed by atoms with Crippen LogP contribution in [0.15, 0.2) is 66.0 Å². The molecule has 0 atom stereocenters. The third-order valence-electron chi connectivity index (χ3n) is 3.86. The van der Waals surface area contributed by atoms with E-state index in [-0.39, 0.29) is 16.7 Å². The number of nitrogens with zero attached hydrogens (tertiary/aromatic N) is 3. The Bertz CT molecular complexity index is 967. The van der Waals surface area contributed by atoms with E-state index in [1.165, 1.54) is 15.2 Å². The van der Waals surface area contributed by atoms with Gasteiger partial charge in [-0.25, -0.2) is 4.98 Å². The molecular formula is C18H18ClN3O2S. The second kappa shape index (κ2) is 6.90. The van der Waals surface area contributed by atoms with Gasteiger partial charge in [0.05, 0.1) is 18.6 Å². The molecule has 130 valence electrons. The number of sulfonamides is 1. The molecule has 25 heavy (non-hydrogen) atoms. The predicted molar refractivity (Wildman–Crippen MR) is 99.2 cm³/mol. The largest absolute Gasteiger partial charge is 0.324 e. The molecule has 1 aromatic heterocycles. The second-order valence-electron chi connectivity index (χ2n) is 5.78. The van der Waals surface area contributed by atoms with Crippen molar-refractivity contribution < 1.29 is 8.42 Å². The van der Waals surface area contributed by atoms with E-state index in [9.17, 15) is 8.42 Å². The van der Waals surface area contributed by atoms with Crippen molar-refractivity contribution in [2.75, 3.05) is 4.31 Å². The molecule has 3 aromatic rings. The van der Waals surface area contributed by atoms with Gasteiger partial charge in [0.2, 0.25) is 5.03 Å². The molecule has 0 spiro atoms. The summed E-state index contributed by atoms with van der Waals surface area (Å²) in [4.78, 5) is 3.99. The van der Waals surface area contributed by atoms with Crippen LogP contribution in [0.2, 0.25) is 5.15 Å². The average Bonchev–Trinajstić information content (AvgIpc) is 2.94. The monoisotopic (exact) mass is 375 g/mol. The highest BCUT2D eigenvalue weighted by molar-refractivity contribution is 7.92. The van der Waals surface area contributed by atoms with Gasteiger partial charge in [-0.2, -0.15) is 8.42 Å². The fraction of sp³-hybridized carbons (Fsp3) is 0.167. The van der Waals surface area contributed by atoms with E-state index in [1.54, 1.807) is 19.2 Å². The van der Waals surface area contributed by atoms with E-state index < -0.39 is 10.0 Å². The first kappa shape index (κ1) is 17.5. The first-order valence-electron chi connectivity index (χ1n) is 7.70. The van der Waals surface area contributed by atoms with Gasteiger partial charge in [-0.05, 0) is 24.6 Å². The number of hydrogen-bond donors (Lipinski definition) is 0. The minimum Gasteiger partial charge on any atom is -0.324 e. The molecule has 3 rings (SSSR count). The van der Waals surface area contributed by atoms with Gasteiger partial charge in [-0.15, -0.1) is 0 Å². The van der Waals surface area contributed by atoms with Crippen molar-refractivity contribution in [3.63, 3.8) is 0 Å². The van der Waals surface area contributed by atoms with Gasteiger partial charge in [0, 0.05) is 7.05 Å². The zero-order valence-electron chi connectivity index (χ0n) is 13.9. The van der Waals surface area contributed by atoms with E-state index >= 15 is 0 Å². The van der Waals surface area contributed by atoms with Crippen molar-refractivity contribution in [1.82, 2.24) is 9.55 Å². The van der Waals surface area contributed by atoms with Crippen molar-refractivity contribution in [2.24, 2.45) is 7.05 Å². The van der Waals surface area contributed by atoms with Gasteiger partial charge in [0.1, 0.15) is 5.15 Å². The highest BCUT2D eigenvalue weighted by Gasteiger charge is 2.30. The summed E-state index contributed by atoms with van der Waals surface area (Å²) in [6.07, 6.45) is 1.39. The SMILES string of the molecule is Cc1ccc(N(Cc2ccccc2)S(=O)(=O)c2ncn(C)c2Cl)cc1. The van der Waals surface area contributed by atoms with Gasteiger partial charge in [-0.1, -0.05) is 59.6 Å². The Morgan fingerprint density at radius 3 is 2.28 bits per heavy atom. The number of aryl methyl sites for hydroxylation is 2. The molecule has 0 saturated carbocycles. The molecule has 2 aromatic carbocycles. The molecule has 0 unspecified atom stereocenters. The lowest BCUT2D eigenvalue weighted by Crippen LogP contribution is -2.31. The Morgan fingerprint density at radius 2 is 1.72 bits per heavy atom. The van der Waals surface area contributed by atoms with Crippen molar-refractivity contribution in [2.45, 2.75) is 18.5 Å². The molecule has 0 saturated heterocycles. The summed E-state index contributed by atoms with van der Waals surface area (Å²) in [5.74, 6) is 0. The van der Waals surface area contributed by atoms with Gasteiger partial charge in [-0.3, -0.25) is 4.31 Å². The summed E-state index contributed by atoms with van der Waals surface area (Å²) >= 11 is 6.15. The lowest BCUT2D eigenvalue weighted by molar-refractivity contribution is 0.587. The molecule has 0 aliphatic heterocycles. The predicted octanol–water partition coefficient (Wildman–Crippen LogP) is 3.78. The minimum absolute atomic E-state index is 0.0881. The Labute approximate surface area is 152 Å². The molecule has 0 fully saturated rings.